The fourth-order valence-corrected chi connectivity index (χ4v) is 3.03. The predicted octanol–water partition coefficient (Wildman–Crippen LogP) is 1.98. The lowest BCUT2D eigenvalue weighted by molar-refractivity contribution is 0.0776. The van der Waals surface area contributed by atoms with Gasteiger partial charge in [0, 0.05) is 25.5 Å². The van der Waals surface area contributed by atoms with Gasteiger partial charge in [-0.05, 0) is 31.7 Å². The molecule has 1 aliphatic heterocycles. The van der Waals surface area contributed by atoms with Crippen LogP contribution in [0.5, 0.6) is 0 Å². The SMILES string of the molecule is Cc1cc(C(=O)N2CCC(CCBr)C2)n(C)n1. The van der Waals surface area contributed by atoms with Crippen LogP contribution in [0.2, 0.25) is 0 Å². The summed E-state index contributed by atoms with van der Waals surface area (Å²) in [5.41, 5.74) is 1.59. The number of hydrogen-bond acceptors (Lipinski definition) is 2. The molecule has 0 bridgehead atoms. The number of carbonyl (C=O) groups excluding carboxylic acids is 1. The number of aromatic nitrogens is 2. The Kier molecular flexibility index (Phi) is 3.86. The fraction of sp³-hybridized carbons (Fsp3) is 0.667. The second-order valence-corrected chi connectivity index (χ2v) is 5.47. The molecule has 0 aromatic carbocycles. The zero-order chi connectivity index (χ0) is 12.4. The quantitative estimate of drug-likeness (QED) is 0.801. The molecule has 2 rings (SSSR count). The van der Waals surface area contributed by atoms with Gasteiger partial charge in [-0.25, -0.2) is 0 Å². The third kappa shape index (κ3) is 2.70. The van der Waals surface area contributed by atoms with Crippen LogP contribution < -0.4 is 0 Å². The summed E-state index contributed by atoms with van der Waals surface area (Å²) in [7, 11) is 1.83. The Balaban J connectivity index is 2.04. The molecule has 0 N–H and O–H groups in total. The van der Waals surface area contributed by atoms with Gasteiger partial charge in [-0.1, -0.05) is 15.9 Å². The summed E-state index contributed by atoms with van der Waals surface area (Å²) < 4.78 is 1.68. The Morgan fingerprint density at radius 2 is 2.41 bits per heavy atom. The Morgan fingerprint density at radius 1 is 1.65 bits per heavy atom. The summed E-state index contributed by atoms with van der Waals surface area (Å²) in [6.07, 6.45) is 2.27. The van der Waals surface area contributed by atoms with Gasteiger partial charge in [-0.3, -0.25) is 9.48 Å². The molecule has 2 heterocycles. The first kappa shape index (κ1) is 12.6. The lowest BCUT2D eigenvalue weighted by Gasteiger charge is -2.16. The van der Waals surface area contributed by atoms with Crippen molar-refractivity contribution in [3.63, 3.8) is 0 Å². The molecular weight excluding hydrogens is 282 g/mol. The molecular formula is C12H18BrN3O. The molecule has 1 unspecified atom stereocenters. The van der Waals surface area contributed by atoms with Gasteiger partial charge in [-0.2, -0.15) is 5.10 Å². The molecule has 1 saturated heterocycles. The van der Waals surface area contributed by atoms with E-state index in [9.17, 15) is 4.79 Å². The highest BCUT2D eigenvalue weighted by Crippen LogP contribution is 2.22. The van der Waals surface area contributed by atoms with Gasteiger partial charge in [0.05, 0.1) is 5.69 Å². The minimum Gasteiger partial charge on any atom is -0.337 e. The van der Waals surface area contributed by atoms with Crippen molar-refractivity contribution < 1.29 is 4.79 Å². The Labute approximate surface area is 110 Å². The van der Waals surface area contributed by atoms with Crippen LogP contribution in [-0.2, 0) is 7.05 Å². The van der Waals surface area contributed by atoms with Crippen molar-refractivity contribution in [2.24, 2.45) is 13.0 Å². The zero-order valence-corrected chi connectivity index (χ0v) is 11.9. The third-order valence-corrected chi connectivity index (χ3v) is 3.77. The number of carbonyl (C=O) groups is 1. The van der Waals surface area contributed by atoms with E-state index in [4.69, 9.17) is 0 Å². The van der Waals surface area contributed by atoms with Crippen molar-refractivity contribution in [1.29, 1.82) is 0 Å². The molecule has 0 radical (unpaired) electrons. The van der Waals surface area contributed by atoms with Gasteiger partial charge in [0.1, 0.15) is 5.69 Å². The van der Waals surface area contributed by atoms with Crippen molar-refractivity contribution >= 4 is 21.8 Å². The van der Waals surface area contributed by atoms with Crippen LogP contribution in [-0.4, -0.2) is 39.0 Å². The van der Waals surface area contributed by atoms with E-state index >= 15 is 0 Å². The van der Waals surface area contributed by atoms with Gasteiger partial charge >= 0.3 is 0 Å². The molecule has 94 valence electrons. The summed E-state index contributed by atoms with van der Waals surface area (Å²) >= 11 is 3.46. The molecule has 1 atom stereocenters. The molecule has 1 fully saturated rings. The highest BCUT2D eigenvalue weighted by molar-refractivity contribution is 9.09. The van der Waals surface area contributed by atoms with Gasteiger partial charge in [0.15, 0.2) is 0 Å². The van der Waals surface area contributed by atoms with E-state index in [2.05, 4.69) is 21.0 Å². The molecule has 0 spiro atoms. The van der Waals surface area contributed by atoms with Gasteiger partial charge in [0.2, 0.25) is 0 Å². The van der Waals surface area contributed by atoms with Gasteiger partial charge < -0.3 is 4.90 Å². The van der Waals surface area contributed by atoms with Gasteiger partial charge in [0.25, 0.3) is 5.91 Å². The van der Waals surface area contributed by atoms with E-state index < -0.39 is 0 Å². The Hall–Kier alpha value is -0.840. The van der Waals surface area contributed by atoms with E-state index in [0.29, 0.717) is 11.6 Å². The fourth-order valence-electron chi connectivity index (χ4n) is 2.38. The number of hydrogen-bond donors (Lipinski definition) is 0. The number of halogens is 1. The van der Waals surface area contributed by atoms with E-state index in [-0.39, 0.29) is 5.91 Å². The lowest BCUT2D eigenvalue weighted by Crippen LogP contribution is -2.30. The highest BCUT2D eigenvalue weighted by Gasteiger charge is 2.27. The first-order chi connectivity index (χ1) is 8.11. The van der Waals surface area contributed by atoms with Crippen molar-refractivity contribution in [3.05, 3.63) is 17.5 Å². The Bertz CT molecular complexity index is 416. The smallest absolute Gasteiger partial charge is 0.272 e. The molecule has 1 aromatic heterocycles. The van der Waals surface area contributed by atoms with Crippen LogP contribution in [0.25, 0.3) is 0 Å². The van der Waals surface area contributed by atoms with E-state index in [0.717, 1.165) is 37.0 Å². The zero-order valence-electron chi connectivity index (χ0n) is 10.3. The van der Waals surface area contributed by atoms with Crippen LogP contribution in [0.3, 0.4) is 0 Å². The number of likely N-dealkylation sites (tertiary alicyclic amines) is 1. The van der Waals surface area contributed by atoms with E-state index in [1.165, 1.54) is 0 Å². The second-order valence-electron chi connectivity index (χ2n) is 4.68. The number of aryl methyl sites for hydroxylation is 2. The summed E-state index contributed by atoms with van der Waals surface area (Å²) in [5.74, 6) is 0.762. The lowest BCUT2D eigenvalue weighted by atomic mass is 10.1. The maximum atomic E-state index is 12.3. The first-order valence-electron chi connectivity index (χ1n) is 5.97. The average Bonchev–Trinajstić information content (AvgIpc) is 2.85. The number of alkyl halides is 1. The molecule has 0 saturated carbocycles. The largest absolute Gasteiger partial charge is 0.337 e. The maximum Gasteiger partial charge on any atom is 0.272 e. The van der Waals surface area contributed by atoms with Crippen molar-refractivity contribution in [1.82, 2.24) is 14.7 Å². The first-order valence-corrected chi connectivity index (χ1v) is 7.10. The number of amides is 1. The minimum atomic E-state index is 0.116. The average molecular weight is 300 g/mol. The van der Waals surface area contributed by atoms with Crippen LogP contribution >= 0.6 is 15.9 Å². The molecule has 1 amide bonds. The van der Waals surface area contributed by atoms with Crippen molar-refractivity contribution in [3.8, 4) is 0 Å². The molecule has 1 aromatic rings. The van der Waals surface area contributed by atoms with Crippen LogP contribution in [0.15, 0.2) is 6.07 Å². The van der Waals surface area contributed by atoms with E-state index in [1.54, 1.807) is 4.68 Å². The summed E-state index contributed by atoms with van der Waals surface area (Å²) in [6.45, 7) is 3.67. The highest BCUT2D eigenvalue weighted by atomic mass is 79.9. The maximum absolute atomic E-state index is 12.3. The van der Waals surface area contributed by atoms with Crippen molar-refractivity contribution in [2.45, 2.75) is 19.8 Å². The monoisotopic (exact) mass is 299 g/mol. The summed E-state index contributed by atoms with van der Waals surface area (Å²) in [4.78, 5) is 14.2. The van der Waals surface area contributed by atoms with Crippen LogP contribution in [0.1, 0.15) is 29.0 Å². The second kappa shape index (κ2) is 5.21. The summed E-state index contributed by atoms with van der Waals surface area (Å²) in [6, 6.07) is 1.86. The molecule has 17 heavy (non-hydrogen) atoms. The molecule has 5 heteroatoms. The van der Waals surface area contributed by atoms with Crippen molar-refractivity contribution in [2.75, 3.05) is 18.4 Å². The number of rotatable bonds is 3. The molecule has 4 nitrogen and oxygen atoms in total. The Morgan fingerprint density at radius 3 is 3.00 bits per heavy atom. The van der Waals surface area contributed by atoms with Crippen LogP contribution in [0, 0.1) is 12.8 Å². The predicted molar refractivity (Wildman–Crippen MR) is 70.4 cm³/mol. The number of nitrogens with zero attached hydrogens (tertiary/aromatic N) is 3. The van der Waals surface area contributed by atoms with Gasteiger partial charge in [-0.15, -0.1) is 0 Å². The van der Waals surface area contributed by atoms with E-state index in [1.807, 2.05) is 24.9 Å². The van der Waals surface area contributed by atoms with Crippen LogP contribution in [0.4, 0.5) is 0 Å². The third-order valence-electron chi connectivity index (χ3n) is 3.31. The summed E-state index contributed by atoms with van der Waals surface area (Å²) in [5, 5.41) is 5.24. The normalized spacial score (nSPS) is 19.9. The topological polar surface area (TPSA) is 38.1 Å². The molecule has 0 aliphatic carbocycles. The standard InChI is InChI=1S/C12H18BrN3O/c1-9-7-11(15(2)14-9)12(17)16-6-4-10(8-16)3-5-13/h7,10H,3-6,8H2,1-2H3. The minimum absolute atomic E-state index is 0.116. The molecule has 1 aliphatic rings.